The second kappa shape index (κ2) is 5.61. The summed E-state index contributed by atoms with van der Waals surface area (Å²) in [4.78, 5) is 29.6. The Bertz CT molecular complexity index is 596. The van der Waals surface area contributed by atoms with Crippen LogP contribution in [0.2, 0.25) is 0 Å². The van der Waals surface area contributed by atoms with Gasteiger partial charge in [-0.3, -0.25) is 4.79 Å². The second-order valence-corrected chi connectivity index (χ2v) is 7.01. The third-order valence-electron chi connectivity index (χ3n) is 3.20. The summed E-state index contributed by atoms with van der Waals surface area (Å²) in [6, 6.07) is -1.11. The fraction of sp³-hybridized carbons (Fsp3) is 0.545. The van der Waals surface area contributed by atoms with Crippen molar-refractivity contribution >= 4 is 21.7 Å². The molecule has 1 fully saturated rings. The van der Waals surface area contributed by atoms with Crippen LogP contribution in [0, 0.1) is 5.92 Å². The maximum absolute atomic E-state index is 11.9. The number of aliphatic carboxylic acids is 1. The van der Waals surface area contributed by atoms with Crippen LogP contribution >= 0.6 is 0 Å². The highest BCUT2D eigenvalue weighted by Gasteiger charge is 2.34. The van der Waals surface area contributed by atoms with Crippen molar-refractivity contribution in [3.63, 3.8) is 0 Å². The van der Waals surface area contributed by atoms with Gasteiger partial charge in [-0.2, -0.15) is 0 Å². The number of carbonyl (C=O) groups excluding carboxylic acids is 1. The number of H-pyrrole nitrogens is 1. The number of aromatic nitrogens is 2. The van der Waals surface area contributed by atoms with E-state index in [-0.39, 0.29) is 24.3 Å². The highest BCUT2D eigenvalue weighted by Crippen LogP contribution is 2.18. The van der Waals surface area contributed by atoms with Crippen LogP contribution in [-0.4, -0.2) is 52.9 Å². The van der Waals surface area contributed by atoms with Crippen molar-refractivity contribution in [2.45, 2.75) is 18.9 Å². The maximum Gasteiger partial charge on any atom is 0.326 e. The van der Waals surface area contributed by atoms with Crippen molar-refractivity contribution in [2.75, 3.05) is 11.5 Å². The van der Waals surface area contributed by atoms with Crippen molar-refractivity contribution in [3.8, 4) is 0 Å². The number of carboxylic acids is 1. The van der Waals surface area contributed by atoms with Crippen LogP contribution in [0.15, 0.2) is 12.5 Å². The molecule has 0 bridgehead atoms. The molecule has 1 aromatic rings. The van der Waals surface area contributed by atoms with Gasteiger partial charge in [0.05, 0.1) is 23.8 Å². The minimum Gasteiger partial charge on any atom is -0.480 e. The normalized spacial score (nSPS) is 22.3. The first-order valence-corrected chi connectivity index (χ1v) is 7.90. The van der Waals surface area contributed by atoms with Gasteiger partial charge < -0.3 is 15.4 Å². The van der Waals surface area contributed by atoms with E-state index in [1.807, 2.05) is 0 Å². The molecule has 1 aromatic heterocycles. The number of amides is 1. The van der Waals surface area contributed by atoms with E-state index in [2.05, 4.69) is 15.3 Å². The van der Waals surface area contributed by atoms with Gasteiger partial charge in [0.25, 0.3) is 0 Å². The van der Waals surface area contributed by atoms with Crippen LogP contribution in [0.25, 0.3) is 0 Å². The highest BCUT2D eigenvalue weighted by atomic mass is 32.2. The fourth-order valence-electron chi connectivity index (χ4n) is 2.11. The zero-order valence-electron chi connectivity index (χ0n) is 10.6. The quantitative estimate of drug-likeness (QED) is 0.637. The summed E-state index contributed by atoms with van der Waals surface area (Å²) in [5.74, 6) is -2.60. The van der Waals surface area contributed by atoms with Gasteiger partial charge in [-0.05, 0) is 6.42 Å². The smallest absolute Gasteiger partial charge is 0.326 e. The lowest BCUT2D eigenvalue weighted by Crippen LogP contribution is -2.45. The molecule has 3 N–H and O–H groups in total. The molecule has 20 heavy (non-hydrogen) atoms. The van der Waals surface area contributed by atoms with Crippen LogP contribution in [-0.2, 0) is 25.8 Å². The molecule has 9 heteroatoms. The third-order valence-corrected chi connectivity index (χ3v) is 4.96. The summed E-state index contributed by atoms with van der Waals surface area (Å²) < 4.78 is 22.6. The molecule has 1 aliphatic rings. The van der Waals surface area contributed by atoms with Crippen molar-refractivity contribution < 1.29 is 23.1 Å². The molecule has 1 unspecified atom stereocenters. The van der Waals surface area contributed by atoms with Crippen LogP contribution < -0.4 is 5.32 Å². The Morgan fingerprint density at radius 2 is 2.30 bits per heavy atom. The average molecular weight is 301 g/mol. The van der Waals surface area contributed by atoms with Gasteiger partial charge >= 0.3 is 5.97 Å². The largest absolute Gasteiger partial charge is 0.480 e. The average Bonchev–Trinajstić information content (AvgIpc) is 2.97. The lowest BCUT2D eigenvalue weighted by molar-refractivity contribution is -0.142. The Kier molecular flexibility index (Phi) is 4.07. The first-order valence-electron chi connectivity index (χ1n) is 6.08. The molecular weight excluding hydrogens is 286 g/mol. The summed E-state index contributed by atoms with van der Waals surface area (Å²) in [6.45, 7) is 0. The van der Waals surface area contributed by atoms with Crippen molar-refractivity contribution in [3.05, 3.63) is 18.2 Å². The second-order valence-electron chi connectivity index (χ2n) is 4.78. The summed E-state index contributed by atoms with van der Waals surface area (Å²) in [7, 11) is -3.17. The number of imidazole rings is 1. The van der Waals surface area contributed by atoms with Crippen molar-refractivity contribution in [2.24, 2.45) is 5.92 Å². The van der Waals surface area contributed by atoms with Gasteiger partial charge in [0, 0.05) is 18.3 Å². The molecular formula is C11H15N3O5S. The number of hydrogen-bond donors (Lipinski definition) is 3. The molecule has 1 amide bonds. The number of nitrogens with zero attached hydrogens (tertiary/aromatic N) is 1. The summed E-state index contributed by atoms with van der Waals surface area (Å²) >= 11 is 0. The van der Waals surface area contributed by atoms with E-state index in [9.17, 15) is 18.0 Å². The molecule has 1 saturated heterocycles. The predicted molar refractivity (Wildman–Crippen MR) is 68.6 cm³/mol. The molecule has 110 valence electrons. The molecule has 8 nitrogen and oxygen atoms in total. The molecule has 0 spiro atoms. The molecule has 2 heterocycles. The first kappa shape index (κ1) is 14.5. The van der Waals surface area contributed by atoms with Gasteiger partial charge in [-0.1, -0.05) is 0 Å². The van der Waals surface area contributed by atoms with Gasteiger partial charge in [-0.25, -0.2) is 18.2 Å². The Morgan fingerprint density at radius 3 is 2.80 bits per heavy atom. The Balaban J connectivity index is 1.98. The molecule has 0 aromatic carbocycles. The van der Waals surface area contributed by atoms with Crippen molar-refractivity contribution in [1.29, 1.82) is 0 Å². The maximum atomic E-state index is 11.9. The van der Waals surface area contributed by atoms with Gasteiger partial charge in [0.15, 0.2) is 9.84 Å². The van der Waals surface area contributed by atoms with E-state index in [0.29, 0.717) is 5.69 Å². The number of carboxylic acid groups (broad SMARTS) is 1. The number of sulfone groups is 1. The van der Waals surface area contributed by atoms with E-state index >= 15 is 0 Å². The van der Waals surface area contributed by atoms with Crippen molar-refractivity contribution in [1.82, 2.24) is 15.3 Å². The number of carbonyl (C=O) groups is 2. The third kappa shape index (κ3) is 3.56. The number of hydrogen-bond acceptors (Lipinski definition) is 5. The summed E-state index contributed by atoms with van der Waals surface area (Å²) in [5.41, 5.74) is 0.580. The number of aromatic amines is 1. The fourth-order valence-corrected chi connectivity index (χ4v) is 3.85. The highest BCUT2D eigenvalue weighted by molar-refractivity contribution is 7.91. The standard InChI is InChI=1S/C11H15N3O5S/c15-10(7-1-2-20(18,19)5-7)14-9(11(16)17)3-8-4-12-6-13-8/h4,6-7,9H,1-3,5H2,(H,12,13)(H,14,15)(H,16,17)/t7?,9-/m1/s1. The van der Waals surface area contributed by atoms with Gasteiger partial charge in [0.1, 0.15) is 6.04 Å². The molecule has 0 radical (unpaired) electrons. The minimum absolute atomic E-state index is 0.0244. The topological polar surface area (TPSA) is 129 Å². The van der Waals surface area contributed by atoms with Crippen LogP contribution in [0.1, 0.15) is 12.1 Å². The Labute approximate surface area is 115 Å². The molecule has 0 saturated carbocycles. The summed E-state index contributed by atoms with van der Waals surface area (Å²) in [6.07, 6.45) is 3.20. The SMILES string of the molecule is O=C(N[C@H](Cc1cnc[nH]1)C(=O)O)C1CCS(=O)(=O)C1. The van der Waals surface area contributed by atoms with E-state index in [0.717, 1.165) is 0 Å². The molecule has 0 aliphatic carbocycles. The van der Waals surface area contributed by atoms with Gasteiger partial charge in [-0.15, -0.1) is 0 Å². The Hall–Kier alpha value is -1.90. The zero-order valence-corrected chi connectivity index (χ0v) is 11.4. The summed E-state index contributed by atoms with van der Waals surface area (Å²) in [5, 5.41) is 11.5. The van der Waals surface area contributed by atoms with Crippen LogP contribution in [0.5, 0.6) is 0 Å². The zero-order chi connectivity index (χ0) is 14.8. The number of rotatable bonds is 5. The Morgan fingerprint density at radius 1 is 1.55 bits per heavy atom. The van der Waals surface area contributed by atoms with E-state index in [1.165, 1.54) is 12.5 Å². The van der Waals surface area contributed by atoms with E-state index < -0.39 is 33.7 Å². The lowest BCUT2D eigenvalue weighted by atomic mass is 10.1. The number of nitrogens with one attached hydrogen (secondary N) is 2. The van der Waals surface area contributed by atoms with Gasteiger partial charge in [0.2, 0.25) is 5.91 Å². The first-order chi connectivity index (χ1) is 9.37. The predicted octanol–water partition coefficient (Wildman–Crippen LogP) is -1.04. The van der Waals surface area contributed by atoms with E-state index in [4.69, 9.17) is 5.11 Å². The minimum atomic E-state index is -3.17. The lowest BCUT2D eigenvalue weighted by Gasteiger charge is -2.16. The van der Waals surface area contributed by atoms with Crippen LogP contribution in [0.4, 0.5) is 0 Å². The molecule has 2 atom stereocenters. The molecule has 1 aliphatic heterocycles. The van der Waals surface area contributed by atoms with Crippen LogP contribution in [0.3, 0.4) is 0 Å². The monoisotopic (exact) mass is 301 g/mol. The molecule has 2 rings (SSSR count). The van der Waals surface area contributed by atoms with E-state index in [1.54, 1.807) is 0 Å².